The standard InChI is InChI=1S/C22H24N4O/c1-16-5-4-6-17(13-16)14-22(27)25-19-9-12-21(23-15-19)24-18-7-10-20(11-8-18)26(2)3/h4-13,15H,14H2,1-3H3,(H,23,24)(H,25,27). The predicted octanol–water partition coefficient (Wildman–Crippen LogP) is 4.38. The molecule has 138 valence electrons. The summed E-state index contributed by atoms with van der Waals surface area (Å²) in [5.41, 5.74) is 4.93. The van der Waals surface area contributed by atoms with Crippen LogP contribution in [0.3, 0.4) is 0 Å². The molecule has 0 aliphatic heterocycles. The molecule has 0 fully saturated rings. The Labute approximate surface area is 160 Å². The molecule has 0 spiro atoms. The molecule has 0 aliphatic carbocycles. The monoisotopic (exact) mass is 360 g/mol. The molecule has 0 saturated carbocycles. The number of pyridine rings is 1. The lowest BCUT2D eigenvalue weighted by atomic mass is 10.1. The van der Waals surface area contributed by atoms with Crippen LogP contribution >= 0.6 is 0 Å². The summed E-state index contributed by atoms with van der Waals surface area (Å²) in [4.78, 5) is 18.6. The van der Waals surface area contributed by atoms with Crippen molar-refractivity contribution in [2.75, 3.05) is 29.6 Å². The largest absolute Gasteiger partial charge is 0.378 e. The van der Waals surface area contributed by atoms with Gasteiger partial charge in [0.25, 0.3) is 0 Å². The summed E-state index contributed by atoms with van der Waals surface area (Å²) in [6.45, 7) is 2.02. The molecule has 2 N–H and O–H groups in total. The molecule has 2 aromatic carbocycles. The van der Waals surface area contributed by atoms with Gasteiger partial charge in [-0.1, -0.05) is 29.8 Å². The van der Waals surface area contributed by atoms with E-state index in [0.29, 0.717) is 12.1 Å². The highest BCUT2D eigenvalue weighted by Gasteiger charge is 2.05. The van der Waals surface area contributed by atoms with E-state index < -0.39 is 0 Å². The molecular weight excluding hydrogens is 336 g/mol. The highest BCUT2D eigenvalue weighted by atomic mass is 16.1. The first kappa shape index (κ1) is 18.5. The number of aromatic nitrogens is 1. The van der Waals surface area contributed by atoms with E-state index in [1.165, 1.54) is 0 Å². The Kier molecular flexibility index (Phi) is 5.71. The van der Waals surface area contributed by atoms with Gasteiger partial charge in [-0.15, -0.1) is 0 Å². The minimum atomic E-state index is -0.0533. The van der Waals surface area contributed by atoms with E-state index in [4.69, 9.17) is 0 Å². The van der Waals surface area contributed by atoms with Crippen LogP contribution < -0.4 is 15.5 Å². The van der Waals surface area contributed by atoms with Crippen LogP contribution in [0.5, 0.6) is 0 Å². The molecule has 3 rings (SSSR count). The van der Waals surface area contributed by atoms with Crippen molar-refractivity contribution in [2.45, 2.75) is 13.3 Å². The molecule has 3 aromatic rings. The van der Waals surface area contributed by atoms with Gasteiger partial charge in [0.15, 0.2) is 0 Å². The van der Waals surface area contributed by atoms with E-state index in [9.17, 15) is 4.79 Å². The van der Waals surface area contributed by atoms with Crippen LogP contribution in [0.1, 0.15) is 11.1 Å². The molecule has 1 heterocycles. The van der Waals surface area contributed by atoms with Gasteiger partial charge in [-0.2, -0.15) is 0 Å². The topological polar surface area (TPSA) is 57.3 Å². The van der Waals surface area contributed by atoms with Crippen molar-refractivity contribution in [3.8, 4) is 0 Å². The first-order valence-corrected chi connectivity index (χ1v) is 8.85. The summed E-state index contributed by atoms with van der Waals surface area (Å²) in [7, 11) is 4.02. The molecule has 0 radical (unpaired) electrons. The first-order chi connectivity index (χ1) is 13.0. The zero-order valence-electron chi connectivity index (χ0n) is 15.9. The summed E-state index contributed by atoms with van der Waals surface area (Å²) in [5.74, 6) is 0.673. The zero-order valence-corrected chi connectivity index (χ0v) is 15.9. The number of nitrogens with one attached hydrogen (secondary N) is 2. The zero-order chi connectivity index (χ0) is 19.2. The molecule has 1 amide bonds. The number of aryl methyl sites for hydroxylation is 1. The van der Waals surface area contributed by atoms with Crippen LogP contribution in [0, 0.1) is 6.92 Å². The second-order valence-corrected chi connectivity index (χ2v) is 6.71. The number of anilines is 4. The fourth-order valence-electron chi connectivity index (χ4n) is 2.75. The van der Waals surface area contributed by atoms with Gasteiger partial charge in [0, 0.05) is 25.5 Å². The van der Waals surface area contributed by atoms with E-state index in [0.717, 1.165) is 28.3 Å². The van der Waals surface area contributed by atoms with Crippen molar-refractivity contribution in [2.24, 2.45) is 0 Å². The number of rotatable bonds is 6. The third-order valence-electron chi connectivity index (χ3n) is 4.15. The molecule has 5 heteroatoms. The molecule has 0 aliphatic rings. The van der Waals surface area contributed by atoms with Crippen molar-refractivity contribution in [1.82, 2.24) is 4.98 Å². The Bertz CT molecular complexity index is 902. The van der Waals surface area contributed by atoms with Crippen molar-refractivity contribution in [3.05, 3.63) is 78.0 Å². The SMILES string of the molecule is Cc1cccc(CC(=O)Nc2ccc(Nc3ccc(N(C)C)cc3)nc2)c1. The van der Waals surface area contributed by atoms with Gasteiger partial charge < -0.3 is 15.5 Å². The lowest BCUT2D eigenvalue weighted by Crippen LogP contribution is -2.14. The first-order valence-electron chi connectivity index (χ1n) is 8.85. The summed E-state index contributed by atoms with van der Waals surface area (Å²) in [6, 6.07) is 19.8. The Morgan fingerprint density at radius 3 is 2.37 bits per heavy atom. The highest BCUT2D eigenvalue weighted by molar-refractivity contribution is 5.92. The number of nitrogens with zero attached hydrogens (tertiary/aromatic N) is 2. The fraction of sp³-hybridized carbons (Fsp3) is 0.182. The maximum absolute atomic E-state index is 12.2. The third kappa shape index (κ3) is 5.31. The summed E-state index contributed by atoms with van der Waals surface area (Å²) < 4.78 is 0. The highest BCUT2D eigenvalue weighted by Crippen LogP contribution is 2.20. The van der Waals surface area contributed by atoms with Crippen molar-refractivity contribution < 1.29 is 4.79 Å². The van der Waals surface area contributed by atoms with Gasteiger partial charge in [-0.25, -0.2) is 4.98 Å². The second kappa shape index (κ2) is 8.36. The van der Waals surface area contributed by atoms with Crippen LogP contribution in [0.15, 0.2) is 66.9 Å². The molecule has 5 nitrogen and oxygen atoms in total. The van der Waals surface area contributed by atoms with Crippen LogP contribution in [0.2, 0.25) is 0 Å². The molecular formula is C22H24N4O. The normalized spacial score (nSPS) is 10.3. The van der Waals surface area contributed by atoms with Gasteiger partial charge in [0.1, 0.15) is 5.82 Å². The molecule has 0 unspecified atom stereocenters. The Morgan fingerprint density at radius 1 is 1.00 bits per heavy atom. The van der Waals surface area contributed by atoms with E-state index in [1.54, 1.807) is 6.20 Å². The summed E-state index contributed by atoms with van der Waals surface area (Å²) in [5, 5.41) is 6.14. The fourth-order valence-corrected chi connectivity index (χ4v) is 2.75. The summed E-state index contributed by atoms with van der Waals surface area (Å²) >= 11 is 0. The smallest absolute Gasteiger partial charge is 0.228 e. The minimum Gasteiger partial charge on any atom is -0.378 e. The van der Waals surface area contributed by atoms with Crippen LogP contribution in [-0.4, -0.2) is 25.0 Å². The third-order valence-corrected chi connectivity index (χ3v) is 4.15. The number of hydrogen-bond acceptors (Lipinski definition) is 4. The van der Waals surface area contributed by atoms with E-state index in [-0.39, 0.29) is 5.91 Å². The average Bonchev–Trinajstić information content (AvgIpc) is 2.64. The lowest BCUT2D eigenvalue weighted by Gasteiger charge is -2.13. The Morgan fingerprint density at radius 2 is 1.74 bits per heavy atom. The van der Waals surface area contributed by atoms with Crippen molar-refractivity contribution in [1.29, 1.82) is 0 Å². The quantitative estimate of drug-likeness (QED) is 0.685. The maximum atomic E-state index is 12.2. The molecule has 27 heavy (non-hydrogen) atoms. The number of benzene rings is 2. The summed E-state index contributed by atoms with van der Waals surface area (Å²) in [6.07, 6.45) is 2.00. The average molecular weight is 360 g/mol. The number of hydrogen-bond donors (Lipinski definition) is 2. The van der Waals surface area contributed by atoms with Crippen LogP contribution in [0.4, 0.5) is 22.9 Å². The Balaban J connectivity index is 1.57. The van der Waals surface area contributed by atoms with Crippen LogP contribution in [0.25, 0.3) is 0 Å². The van der Waals surface area contributed by atoms with Crippen molar-refractivity contribution in [3.63, 3.8) is 0 Å². The molecule has 0 bridgehead atoms. The van der Waals surface area contributed by atoms with Crippen LogP contribution in [-0.2, 0) is 11.2 Å². The minimum absolute atomic E-state index is 0.0533. The predicted molar refractivity (Wildman–Crippen MR) is 112 cm³/mol. The number of carbonyl (C=O) groups is 1. The lowest BCUT2D eigenvalue weighted by molar-refractivity contribution is -0.115. The molecule has 1 aromatic heterocycles. The number of amides is 1. The Hall–Kier alpha value is -3.34. The van der Waals surface area contributed by atoms with E-state index in [2.05, 4.69) is 20.5 Å². The van der Waals surface area contributed by atoms with E-state index >= 15 is 0 Å². The van der Waals surface area contributed by atoms with Gasteiger partial charge in [0.2, 0.25) is 5.91 Å². The second-order valence-electron chi connectivity index (χ2n) is 6.71. The maximum Gasteiger partial charge on any atom is 0.228 e. The van der Waals surface area contributed by atoms with Gasteiger partial charge >= 0.3 is 0 Å². The van der Waals surface area contributed by atoms with Crippen molar-refractivity contribution >= 4 is 28.8 Å². The van der Waals surface area contributed by atoms with Gasteiger partial charge in [-0.3, -0.25) is 4.79 Å². The molecule has 0 saturated heterocycles. The van der Waals surface area contributed by atoms with Gasteiger partial charge in [0.05, 0.1) is 18.3 Å². The molecule has 0 atom stereocenters. The number of carbonyl (C=O) groups excluding carboxylic acids is 1. The van der Waals surface area contributed by atoms with Gasteiger partial charge in [-0.05, 0) is 48.9 Å². The van der Waals surface area contributed by atoms with E-state index in [1.807, 2.05) is 81.7 Å².